The number of aromatic nitrogens is 4. The number of rotatable bonds is 8. The highest BCUT2D eigenvalue weighted by atomic mass is 16.5. The zero-order valence-electron chi connectivity index (χ0n) is 17.9. The minimum absolute atomic E-state index is 0.201. The van der Waals surface area contributed by atoms with E-state index in [0.717, 1.165) is 44.0 Å². The van der Waals surface area contributed by atoms with Crippen LogP contribution in [0.2, 0.25) is 0 Å². The molecule has 8 nitrogen and oxygen atoms in total. The number of benzene rings is 2. The van der Waals surface area contributed by atoms with Gasteiger partial charge in [0.1, 0.15) is 5.75 Å². The van der Waals surface area contributed by atoms with Gasteiger partial charge in [0.15, 0.2) is 0 Å². The molecule has 1 aliphatic rings. The maximum absolute atomic E-state index is 12.6. The third-order valence-electron chi connectivity index (χ3n) is 5.52. The summed E-state index contributed by atoms with van der Waals surface area (Å²) in [5, 5.41) is 12.6. The molecule has 8 heteroatoms. The van der Waals surface area contributed by atoms with Crippen LogP contribution in [-0.4, -0.2) is 69.2 Å². The minimum atomic E-state index is 0.201. The Balaban J connectivity index is 1.18. The highest BCUT2D eigenvalue weighted by Gasteiger charge is 2.21. The fourth-order valence-electron chi connectivity index (χ4n) is 3.72. The summed E-state index contributed by atoms with van der Waals surface area (Å²) in [4.78, 5) is 18.5. The molecule has 4 rings (SSSR count). The molecule has 0 unspecified atom stereocenters. The number of aryl methyl sites for hydroxylation is 1. The van der Waals surface area contributed by atoms with Crippen LogP contribution in [0.3, 0.4) is 0 Å². The van der Waals surface area contributed by atoms with Gasteiger partial charge < -0.3 is 9.64 Å². The van der Waals surface area contributed by atoms with Crippen LogP contribution < -0.4 is 4.74 Å². The lowest BCUT2D eigenvalue weighted by Gasteiger charge is -2.34. The van der Waals surface area contributed by atoms with Crippen molar-refractivity contribution < 1.29 is 9.53 Å². The van der Waals surface area contributed by atoms with Crippen molar-refractivity contribution in [2.75, 3.05) is 33.3 Å². The topological polar surface area (TPSA) is 76.4 Å². The number of carbonyl (C=O) groups is 1. The van der Waals surface area contributed by atoms with Gasteiger partial charge in [-0.2, -0.15) is 4.80 Å². The van der Waals surface area contributed by atoms with Crippen LogP contribution in [0, 0.1) is 0 Å². The maximum Gasteiger partial charge on any atom is 0.222 e. The van der Waals surface area contributed by atoms with E-state index in [9.17, 15) is 4.79 Å². The van der Waals surface area contributed by atoms with Crippen molar-refractivity contribution in [2.45, 2.75) is 25.9 Å². The smallest absolute Gasteiger partial charge is 0.222 e. The standard InChI is InChI=1S/C23H28N6O2/c1-31-21-11-9-19(10-12-21)18-27-14-16-28(17-15-27)22(30)8-5-13-29-25-23(24-26-29)20-6-3-2-4-7-20/h2-4,6-7,9-12H,5,8,13-18H2,1H3. The number of piperazine rings is 1. The summed E-state index contributed by atoms with van der Waals surface area (Å²) in [7, 11) is 1.68. The quantitative estimate of drug-likeness (QED) is 0.557. The summed E-state index contributed by atoms with van der Waals surface area (Å²) in [5.41, 5.74) is 2.20. The first-order chi connectivity index (χ1) is 15.2. The van der Waals surface area contributed by atoms with Crippen LogP contribution in [-0.2, 0) is 17.9 Å². The van der Waals surface area contributed by atoms with Gasteiger partial charge in [-0.3, -0.25) is 9.69 Å². The summed E-state index contributed by atoms with van der Waals surface area (Å²) in [6.45, 7) is 4.81. The predicted molar refractivity (Wildman–Crippen MR) is 117 cm³/mol. The summed E-state index contributed by atoms with van der Waals surface area (Å²) >= 11 is 0. The predicted octanol–water partition coefficient (Wildman–Crippen LogP) is 2.47. The largest absolute Gasteiger partial charge is 0.497 e. The van der Waals surface area contributed by atoms with Gasteiger partial charge in [0.2, 0.25) is 11.7 Å². The Morgan fingerprint density at radius 3 is 2.45 bits per heavy atom. The van der Waals surface area contributed by atoms with Gasteiger partial charge in [0.25, 0.3) is 0 Å². The van der Waals surface area contributed by atoms with Gasteiger partial charge in [-0.05, 0) is 29.3 Å². The second-order valence-corrected chi connectivity index (χ2v) is 7.68. The molecule has 1 amide bonds. The van der Waals surface area contributed by atoms with Crippen molar-refractivity contribution in [2.24, 2.45) is 0 Å². The van der Waals surface area contributed by atoms with Crippen LogP contribution >= 0.6 is 0 Å². The van der Waals surface area contributed by atoms with E-state index in [2.05, 4.69) is 32.4 Å². The van der Waals surface area contributed by atoms with Crippen molar-refractivity contribution in [3.05, 3.63) is 60.2 Å². The first-order valence-corrected chi connectivity index (χ1v) is 10.7. The van der Waals surface area contributed by atoms with Crippen molar-refractivity contribution in [3.63, 3.8) is 0 Å². The molecule has 0 bridgehead atoms. The van der Waals surface area contributed by atoms with E-state index in [4.69, 9.17) is 4.74 Å². The number of hydrogen-bond donors (Lipinski definition) is 0. The van der Waals surface area contributed by atoms with Crippen LogP contribution in [0.5, 0.6) is 5.75 Å². The number of tetrazole rings is 1. The molecule has 2 heterocycles. The number of amides is 1. The van der Waals surface area contributed by atoms with Gasteiger partial charge in [0.05, 0.1) is 13.7 Å². The average Bonchev–Trinajstić information content (AvgIpc) is 3.29. The third kappa shape index (κ3) is 5.67. The van der Waals surface area contributed by atoms with E-state index >= 15 is 0 Å². The lowest BCUT2D eigenvalue weighted by Crippen LogP contribution is -2.48. The van der Waals surface area contributed by atoms with Gasteiger partial charge in [0, 0.05) is 44.7 Å². The average molecular weight is 421 g/mol. The Bertz CT molecular complexity index is 965. The number of nitrogens with zero attached hydrogens (tertiary/aromatic N) is 6. The van der Waals surface area contributed by atoms with Crippen LogP contribution in [0.4, 0.5) is 0 Å². The van der Waals surface area contributed by atoms with E-state index in [-0.39, 0.29) is 5.91 Å². The molecular formula is C23H28N6O2. The lowest BCUT2D eigenvalue weighted by molar-refractivity contribution is -0.133. The third-order valence-corrected chi connectivity index (χ3v) is 5.52. The SMILES string of the molecule is COc1ccc(CN2CCN(C(=O)CCCn3nnc(-c4ccccc4)n3)CC2)cc1. The monoisotopic (exact) mass is 420 g/mol. The highest BCUT2D eigenvalue weighted by molar-refractivity contribution is 5.76. The van der Waals surface area contributed by atoms with Crippen molar-refractivity contribution >= 4 is 5.91 Å². The zero-order chi connectivity index (χ0) is 21.5. The molecule has 0 radical (unpaired) electrons. The van der Waals surface area contributed by atoms with E-state index in [1.165, 1.54) is 5.56 Å². The summed E-state index contributed by atoms with van der Waals surface area (Å²) in [6, 6.07) is 17.9. The molecule has 162 valence electrons. The van der Waals surface area contributed by atoms with Crippen LogP contribution in [0.1, 0.15) is 18.4 Å². The number of carbonyl (C=O) groups excluding carboxylic acids is 1. The van der Waals surface area contributed by atoms with E-state index in [0.29, 0.717) is 25.2 Å². The zero-order valence-corrected chi connectivity index (χ0v) is 17.9. The first-order valence-electron chi connectivity index (χ1n) is 10.7. The normalized spacial score (nSPS) is 14.5. The number of ether oxygens (including phenoxy) is 1. The molecule has 1 aliphatic heterocycles. The molecule has 0 N–H and O–H groups in total. The molecule has 1 aromatic heterocycles. The molecule has 1 saturated heterocycles. The van der Waals surface area contributed by atoms with Crippen molar-refractivity contribution in [3.8, 4) is 17.1 Å². The molecule has 1 fully saturated rings. The second-order valence-electron chi connectivity index (χ2n) is 7.68. The molecule has 0 saturated carbocycles. The molecule has 3 aromatic rings. The Hall–Kier alpha value is -3.26. The van der Waals surface area contributed by atoms with Crippen LogP contribution in [0.15, 0.2) is 54.6 Å². The summed E-state index contributed by atoms with van der Waals surface area (Å²) in [6.07, 6.45) is 1.20. The molecule has 0 spiro atoms. The summed E-state index contributed by atoms with van der Waals surface area (Å²) in [5.74, 6) is 1.68. The maximum atomic E-state index is 12.6. The Morgan fingerprint density at radius 2 is 1.74 bits per heavy atom. The first kappa shape index (κ1) is 21.0. The highest BCUT2D eigenvalue weighted by Crippen LogP contribution is 2.15. The molecule has 0 atom stereocenters. The Morgan fingerprint density at radius 1 is 1.00 bits per heavy atom. The van der Waals surface area contributed by atoms with Gasteiger partial charge >= 0.3 is 0 Å². The molecule has 0 aliphatic carbocycles. The minimum Gasteiger partial charge on any atom is -0.497 e. The van der Waals surface area contributed by atoms with Gasteiger partial charge in [-0.1, -0.05) is 42.5 Å². The second kappa shape index (κ2) is 10.2. The molecular weight excluding hydrogens is 392 g/mol. The van der Waals surface area contributed by atoms with Gasteiger partial charge in [-0.15, -0.1) is 10.2 Å². The van der Waals surface area contributed by atoms with Crippen LogP contribution in [0.25, 0.3) is 11.4 Å². The van der Waals surface area contributed by atoms with Crippen molar-refractivity contribution in [1.82, 2.24) is 30.0 Å². The van der Waals surface area contributed by atoms with Gasteiger partial charge in [-0.25, -0.2) is 0 Å². The lowest BCUT2D eigenvalue weighted by atomic mass is 10.2. The Kier molecular flexibility index (Phi) is 6.89. The van der Waals surface area contributed by atoms with Crippen molar-refractivity contribution in [1.29, 1.82) is 0 Å². The van der Waals surface area contributed by atoms with E-state index in [1.54, 1.807) is 11.9 Å². The molecule has 31 heavy (non-hydrogen) atoms. The Labute approximate surface area is 182 Å². The fraction of sp³-hybridized carbons (Fsp3) is 0.391. The van der Waals surface area contributed by atoms with E-state index in [1.807, 2.05) is 47.4 Å². The van der Waals surface area contributed by atoms with E-state index < -0.39 is 0 Å². The fourth-order valence-corrected chi connectivity index (χ4v) is 3.72. The molecule has 2 aromatic carbocycles. The number of hydrogen-bond acceptors (Lipinski definition) is 6. The number of methoxy groups -OCH3 is 1. The summed E-state index contributed by atoms with van der Waals surface area (Å²) < 4.78 is 5.21.